The van der Waals surface area contributed by atoms with E-state index in [-0.39, 0.29) is 29.3 Å². The van der Waals surface area contributed by atoms with Crippen molar-refractivity contribution in [2.24, 2.45) is 0 Å². The van der Waals surface area contributed by atoms with Gasteiger partial charge in [0.15, 0.2) is 11.5 Å². The zero-order chi connectivity index (χ0) is 23.0. The van der Waals surface area contributed by atoms with Crippen LogP contribution in [-0.2, 0) is 14.8 Å². The Bertz CT molecular complexity index is 1060. The minimum absolute atomic E-state index is 0.0954. The second-order valence-corrected chi connectivity index (χ2v) is 8.79. The van der Waals surface area contributed by atoms with Crippen molar-refractivity contribution in [3.05, 3.63) is 53.8 Å². The third-order valence-electron chi connectivity index (χ3n) is 4.62. The minimum Gasteiger partial charge on any atom is -0.486 e. The van der Waals surface area contributed by atoms with Crippen molar-refractivity contribution in [1.82, 2.24) is 15.6 Å². The number of unbranched alkanes of at least 4 members (excludes halogenated alkanes) is 2. The van der Waals surface area contributed by atoms with Crippen LogP contribution in [0.25, 0.3) is 0 Å². The summed E-state index contributed by atoms with van der Waals surface area (Å²) in [6, 6.07) is 9.38. The number of nitrogens with one attached hydrogen (secondary N) is 3. The summed E-state index contributed by atoms with van der Waals surface area (Å²) in [7, 11) is -3.68. The summed E-state index contributed by atoms with van der Waals surface area (Å²) >= 11 is 0. The van der Waals surface area contributed by atoms with E-state index in [9.17, 15) is 22.4 Å². The molecule has 0 spiro atoms. The molecule has 0 aliphatic carbocycles. The lowest BCUT2D eigenvalue weighted by molar-refractivity contribution is -0.122. The standard InChI is InChI=1S/C21H24FN3O6S/c22-16-7-5-15(6-8-16)21(27)25-24-20(26)4-2-1-3-11-23-32(28,29)17-9-10-18-19(14-17)31-13-12-30-18/h5-10,14,23H,1-4,11-13H2,(H,24,26)(H,25,27). The number of hydrazine groups is 1. The molecule has 32 heavy (non-hydrogen) atoms. The average Bonchev–Trinajstić information content (AvgIpc) is 2.79. The molecular weight excluding hydrogens is 441 g/mol. The van der Waals surface area contributed by atoms with Crippen LogP contribution in [0.15, 0.2) is 47.4 Å². The van der Waals surface area contributed by atoms with Gasteiger partial charge < -0.3 is 9.47 Å². The smallest absolute Gasteiger partial charge is 0.269 e. The van der Waals surface area contributed by atoms with E-state index in [0.29, 0.717) is 44.0 Å². The molecule has 0 unspecified atom stereocenters. The minimum atomic E-state index is -3.68. The molecule has 9 nitrogen and oxygen atoms in total. The topological polar surface area (TPSA) is 123 Å². The summed E-state index contributed by atoms with van der Waals surface area (Å²) in [5.41, 5.74) is 4.77. The number of halogens is 1. The first-order valence-corrected chi connectivity index (χ1v) is 11.6. The van der Waals surface area contributed by atoms with E-state index >= 15 is 0 Å². The Balaban J connectivity index is 1.31. The van der Waals surface area contributed by atoms with Crippen molar-refractivity contribution >= 4 is 21.8 Å². The van der Waals surface area contributed by atoms with Gasteiger partial charge in [0, 0.05) is 24.6 Å². The number of hydrogen-bond acceptors (Lipinski definition) is 6. The van der Waals surface area contributed by atoms with Crippen LogP contribution in [0.4, 0.5) is 4.39 Å². The molecule has 2 aromatic rings. The highest BCUT2D eigenvalue weighted by atomic mass is 32.2. The van der Waals surface area contributed by atoms with Crippen LogP contribution in [0.5, 0.6) is 11.5 Å². The van der Waals surface area contributed by atoms with Gasteiger partial charge in [-0.3, -0.25) is 20.4 Å². The van der Waals surface area contributed by atoms with Crippen LogP contribution < -0.4 is 25.0 Å². The largest absolute Gasteiger partial charge is 0.486 e. The van der Waals surface area contributed by atoms with Crippen LogP contribution in [0.1, 0.15) is 36.0 Å². The van der Waals surface area contributed by atoms with Crippen molar-refractivity contribution in [2.45, 2.75) is 30.6 Å². The van der Waals surface area contributed by atoms with Crippen LogP contribution in [0.2, 0.25) is 0 Å². The fourth-order valence-electron chi connectivity index (χ4n) is 2.93. The molecule has 0 saturated carbocycles. The predicted octanol–water partition coefficient (Wildman–Crippen LogP) is 1.90. The van der Waals surface area contributed by atoms with Gasteiger partial charge in [-0.05, 0) is 49.2 Å². The Morgan fingerprint density at radius 2 is 1.62 bits per heavy atom. The zero-order valence-corrected chi connectivity index (χ0v) is 18.0. The highest BCUT2D eigenvalue weighted by molar-refractivity contribution is 7.89. The van der Waals surface area contributed by atoms with Crippen molar-refractivity contribution in [3.8, 4) is 11.5 Å². The van der Waals surface area contributed by atoms with Gasteiger partial charge >= 0.3 is 0 Å². The third-order valence-corrected chi connectivity index (χ3v) is 6.08. The fourth-order valence-corrected chi connectivity index (χ4v) is 4.02. The van der Waals surface area contributed by atoms with Crippen LogP contribution in [0, 0.1) is 5.82 Å². The number of carbonyl (C=O) groups excluding carboxylic acids is 2. The highest BCUT2D eigenvalue weighted by Gasteiger charge is 2.19. The third kappa shape index (κ3) is 6.66. The Morgan fingerprint density at radius 3 is 2.38 bits per heavy atom. The summed E-state index contributed by atoms with van der Waals surface area (Å²) in [6.45, 7) is 1.02. The molecule has 1 aliphatic rings. The lowest BCUT2D eigenvalue weighted by atomic mass is 10.2. The van der Waals surface area contributed by atoms with Gasteiger partial charge in [-0.1, -0.05) is 6.42 Å². The van der Waals surface area contributed by atoms with E-state index in [1.807, 2.05) is 0 Å². The maximum atomic E-state index is 12.9. The molecule has 0 saturated heterocycles. The molecule has 0 bridgehead atoms. The normalized spacial score (nSPS) is 12.8. The molecule has 1 heterocycles. The van der Waals surface area contributed by atoms with Gasteiger partial charge in [0.2, 0.25) is 15.9 Å². The molecule has 0 atom stereocenters. The van der Waals surface area contributed by atoms with Gasteiger partial charge in [-0.15, -0.1) is 0 Å². The van der Waals surface area contributed by atoms with E-state index < -0.39 is 21.7 Å². The molecule has 1 aliphatic heterocycles. The molecular formula is C21H24FN3O6S. The predicted molar refractivity (Wildman–Crippen MR) is 113 cm³/mol. The number of ether oxygens (including phenoxy) is 2. The summed E-state index contributed by atoms with van der Waals surface area (Å²) in [5, 5.41) is 0. The lowest BCUT2D eigenvalue weighted by Gasteiger charge is -2.18. The second-order valence-electron chi connectivity index (χ2n) is 7.02. The maximum absolute atomic E-state index is 12.9. The van der Waals surface area contributed by atoms with Crippen LogP contribution >= 0.6 is 0 Å². The van der Waals surface area contributed by atoms with Crippen LogP contribution in [-0.4, -0.2) is 40.0 Å². The number of sulfonamides is 1. The van der Waals surface area contributed by atoms with Gasteiger partial charge in [0.25, 0.3) is 5.91 Å². The van der Waals surface area contributed by atoms with Crippen molar-refractivity contribution in [1.29, 1.82) is 0 Å². The van der Waals surface area contributed by atoms with Gasteiger partial charge in [-0.25, -0.2) is 17.5 Å². The zero-order valence-electron chi connectivity index (χ0n) is 17.2. The van der Waals surface area contributed by atoms with Gasteiger partial charge in [0.1, 0.15) is 19.0 Å². The number of rotatable bonds is 9. The molecule has 0 fully saturated rings. The number of benzene rings is 2. The van der Waals surface area contributed by atoms with Gasteiger partial charge in [-0.2, -0.15) is 0 Å². The average molecular weight is 466 g/mol. The van der Waals surface area contributed by atoms with E-state index in [1.54, 1.807) is 6.07 Å². The molecule has 0 radical (unpaired) electrons. The Labute approximate surface area is 185 Å². The number of hydrogen-bond donors (Lipinski definition) is 3. The molecule has 0 aromatic heterocycles. The quantitative estimate of drug-likeness (QED) is 0.384. The summed E-state index contributed by atoms with van der Waals surface area (Å²) in [4.78, 5) is 23.7. The van der Waals surface area contributed by atoms with Gasteiger partial charge in [0.05, 0.1) is 4.90 Å². The van der Waals surface area contributed by atoms with Crippen molar-refractivity contribution in [2.75, 3.05) is 19.8 Å². The van der Waals surface area contributed by atoms with E-state index in [0.717, 1.165) is 12.1 Å². The highest BCUT2D eigenvalue weighted by Crippen LogP contribution is 2.32. The van der Waals surface area contributed by atoms with Crippen LogP contribution in [0.3, 0.4) is 0 Å². The summed E-state index contributed by atoms with van der Waals surface area (Å²) < 4.78 is 51.0. The van der Waals surface area contributed by atoms with Crippen molar-refractivity contribution < 1.29 is 31.9 Å². The molecule has 11 heteroatoms. The van der Waals surface area contributed by atoms with E-state index in [1.165, 1.54) is 24.3 Å². The summed E-state index contributed by atoms with van der Waals surface area (Å²) in [5.74, 6) is -0.470. The number of carbonyl (C=O) groups is 2. The number of amides is 2. The molecule has 3 N–H and O–H groups in total. The first-order chi connectivity index (χ1) is 15.3. The molecule has 3 rings (SSSR count). The lowest BCUT2D eigenvalue weighted by Crippen LogP contribution is -2.41. The Morgan fingerprint density at radius 1 is 0.906 bits per heavy atom. The van der Waals surface area contributed by atoms with E-state index in [4.69, 9.17) is 9.47 Å². The number of fused-ring (bicyclic) bond motifs is 1. The summed E-state index contributed by atoms with van der Waals surface area (Å²) in [6.07, 6.45) is 1.84. The van der Waals surface area contributed by atoms with Crippen molar-refractivity contribution in [3.63, 3.8) is 0 Å². The Kier molecular flexibility index (Phi) is 8.01. The Hall–Kier alpha value is -3.18. The monoisotopic (exact) mass is 465 g/mol. The molecule has 2 aromatic carbocycles. The first-order valence-electron chi connectivity index (χ1n) is 10.1. The SMILES string of the molecule is O=C(CCCCCNS(=O)(=O)c1ccc2c(c1)OCCO2)NNC(=O)c1ccc(F)cc1. The molecule has 2 amide bonds. The second kappa shape index (κ2) is 10.9. The van der Waals surface area contributed by atoms with E-state index in [2.05, 4.69) is 15.6 Å². The maximum Gasteiger partial charge on any atom is 0.269 e. The fraction of sp³-hybridized carbons (Fsp3) is 0.333. The first kappa shape index (κ1) is 23.5. The molecule has 172 valence electrons.